The predicted molar refractivity (Wildman–Crippen MR) is 267 cm³/mol. The van der Waals surface area contributed by atoms with Gasteiger partial charge in [0.1, 0.15) is 41.9 Å². The van der Waals surface area contributed by atoms with Crippen LogP contribution < -0.4 is 4.90 Å². The molecule has 0 spiro atoms. The van der Waals surface area contributed by atoms with Gasteiger partial charge >= 0.3 is 12.1 Å². The van der Waals surface area contributed by atoms with Crippen LogP contribution in [0.25, 0.3) is 0 Å². The number of likely N-dealkylation sites (N-methyl/N-ethyl adjacent to an activating group) is 2. The van der Waals surface area contributed by atoms with Crippen molar-refractivity contribution >= 4 is 17.7 Å². The van der Waals surface area contributed by atoms with E-state index in [-0.39, 0.29) is 43.9 Å². The minimum absolute atomic E-state index is 0.0877. The number of amides is 1. The number of aryl methyl sites for hydroxylation is 1. The molecule has 0 aliphatic carbocycles. The Morgan fingerprint density at radius 2 is 1.64 bits per heavy atom. The Bertz CT molecular complexity index is 2040. The third-order valence-electron chi connectivity index (χ3n) is 16.4. The molecule has 0 bridgehead atoms. The summed E-state index contributed by atoms with van der Waals surface area (Å²) < 4.78 is 58.2. The Kier molecular flexibility index (Phi) is 19.4. The first-order valence-electron chi connectivity index (χ1n) is 26.3. The second-order valence-electron chi connectivity index (χ2n) is 22.8. The molecule has 5 aliphatic heterocycles. The highest BCUT2D eigenvalue weighted by molar-refractivity contribution is 5.89. The quantitative estimate of drug-likeness (QED) is 0.174. The number of cyclic esters (lactones) is 2. The minimum Gasteiger partial charge on any atom is -0.459 e. The highest BCUT2D eigenvalue weighted by atomic mass is 19.1. The SMILES string of the molecule is CC[C@H]1OC(=O)[C@H](C)[C@@H](O[C@H]2C[C@@](C)(OC)[C@@H](O)[C@H](C)O2)[C@H](C)[C@@H](O[C@@H]2O[C@H](C)C[C@H](N(C)CCC3CN(C[C@H]4CN(c5ccc(C)c(F)c5)C(=O)O4)N=N3)[C@H]2O)[C@](C)(O)C[C@@H](C)CN(C)[C@H](C)[C@@H](O)[C@]1(C)O. The maximum atomic E-state index is 14.5. The minimum atomic E-state index is -1.85. The van der Waals surface area contributed by atoms with E-state index in [1.807, 2.05) is 37.7 Å². The highest BCUT2D eigenvalue weighted by Crippen LogP contribution is 2.40. The third-order valence-corrected chi connectivity index (χ3v) is 16.4. The van der Waals surface area contributed by atoms with Gasteiger partial charge < -0.3 is 68.5 Å². The molecular weight excluding hydrogens is 952 g/mol. The summed E-state index contributed by atoms with van der Waals surface area (Å²) in [5.74, 6) is -3.25. The molecule has 6 rings (SSSR count). The van der Waals surface area contributed by atoms with Crippen molar-refractivity contribution in [3.8, 4) is 0 Å². The van der Waals surface area contributed by atoms with Crippen LogP contribution in [0.15, 0.2) is 28.5 Å². The molecule has 73 heavy (non-hydrogen) atoms. The fraction of sp³-hybridized carbons (Fsp3) is 0.846. The Morgan fingerprint density at radius 1 is 0.945 bits per heavy atom. The molecule has 5 N–H and O–H groups in total. The maximum Gasteiger partial charge on any atom is 0.414 e. The van der Waals surface area contributed by atoms with Crippen LogP contribution in [-0.4, -0.2) is 209 Å². The molecule has 5 aliphatic rings. The molecule has 0 aromatic heterocycles. The van der Waals surface area contributed by atoms with Crippen LogP contribution in [0, 0.1) is 30.5 Å². The lowest BCUT2D eigenvalue weighted by atomic mass is 9.77. The average Bonchev–Trinajstić information content (AvgIpc) is 3.94. The van der Waals surface area contributed by atoms with Gasteiger partial charge in [0.05, 0.1) is 72.9 Å². The largest absolute Gasteiger partial charge is 0.459 e. The lowest BCUT2D eigenvalue weighted by Gasteiger charge is -2.49. The Balaban J connectivity index is 1.20. The lowest BCUT2D eigenvalue weighted by Crippen LogP contribution is -2.61. The molecule has 1 amide bonds. The summed E-state index contributed by atoms with van der Waals surface area (Å²) in [4.78, 5) is 32.6. The zero-order chi connectivity index (χ0) is 54.1. The van der Waals surface area contributed by atoms with Crippen molar-refractivity contribution in [2.45, 2.75) is 211 Å². The molecule has 20 atom stereocenters. The number of ether oxygens (including phenoxy) is 7. The van der Waals surface area contributed by atoms with Crippen LogP contribution >= 0.6 is 0 Å². The topological polar surface area (TPSA) is 238 Å². The Hall–Kier alpha value is -3.19. The van der Waals surface area contributed by atoms with Crippen molar-refractivity contribution in [1.29, 1.82) is 0 Å². The number of carbonyl (C=O) groups is 2. The summed E-state index contributed by atoms with van der Waals surface area (Å²) in [6, 6.07) is 3.44. The number of hydrogen-bond donors (Lipinski definition) is 5. The van der Waals surface area contributed by atoms with Crippen LogP contribution in [0.5, 0.6) is 0 Å². The van der Waals surface area contributed by atoms with E-state index in [9.17, 15) is 39.5 Å². The van der Waals surface area contributed by atoms with Crippen molar-refractivity contribution in [2.75, 3.05) is 58.8 Å². The van der Waals surface area contributed by atoms with Gasteiger partial charge in [-0.15, -0.1) is 0 Å². The number of anilines is 1. The summed E-state index contributed by atoms with van der Waals surface area (Å²) in [6.07, 6.45) is -9.75. The van der Waals surface area contributed by atoms with Gasteiger partial charge in [0.15, 0.2) is 12.6 Å². The lowest BCUT2D eigenvalue weighted by molar-refractivity contribution is -0.318. The standard InChI is InChI=1S/C52H87FN6O14/c1-15-40-52(11,66)44(61)33(7)57(13)24-28(2)22-50(9,65)46(31(5)43(32(6)47(63)71-40)72-41-23-51(10,67-14)45(62)34(8)69-41)73-48-42(60)39(20-30(4)68-48)56(12)19-18-35-25-58(55-54-35)26-37-27-59(49(64)70-37)36-17-16-29(3)38(53)21-36/h16-17,21,28,30-35,37,39-46,48,60-62,65-66H,15,18-20,22-27H2,1-14H3/t28-,30-,31+,32-,33-,34+,35?,37+,39+,40-,41+,42-,43+,44-,45+,46-,48+,50-,51-,52-/m1/s1. The second-order valence-corrected chi connectivity index (χ2v) is 22.8. The number of carbonyl (C=O) groups excluding carboxylic acids is 2. The van der Waals surface area contributed by atoms with Gasteiger partial charge in [-0.1, -0.05) is 32.1 Å². The molecule has 20 nitrogen and oxygen atoms in total. The Labute approximate surface area is 431 Å². The van der Waals surface area contributed by atoms with Crippen molar-refractivity contribution in [2.24, 2.45) is 28.1 Å². The number of hydrogen-bond acceptors (Lipinski definition) is 19. The van der Waals surface area contributed by atoms with Gasteiger partial charge in [0, 0.05) is 44.6 Å². The van der Waals surface area contributed by atoms with Gasteiger partial charge in [-0.25, -0.2) is 9.18 Å². The van der Waals surface area contributed by atoms with E-state index in [1.165, 1.54) is 25.0 Å². The van der Waals surface area contributed by atoms with Gasteiger partial charge in [-0.05, 0) is 119 Å². The van der Waals surface area contributed by atoms with E-state index >= 15 is 0 Å². The second kappa shape index (κ2) is 24.0. The van der Waals surface area contributed by atoms with Gasteiger partial charge in [-0.2, -0.15) is 5.11 Å². The number of halogens is 1. The Morgan fingerprint density at radius 3 is 2.30 bits per heavy atom. The van der Waals surface area contributed by atoms with Gasteiger partial charge in [0.25, 0.3) is 0 Å². The molecule has 4 fully saturated rings. The highest BCUT2D eigenvalue weighted by Gasteiger charge is 2.53. The molecule has 21 heteroatoms. The molecule has 0 radical (unpaired) electrons. The van der Waals surface area contributed by atoms with Crippen molar-refractivity contribution in [3.05, 3.63) is 29.6 Å². The van der Waals surface area contributed by atoms with Crippen molar-refractivity contribution < 1.29 is 72.7 Å². The zero-order valence-electron chi connectivity index (χ0n) is 45.6. The number of rotatable bonds is 13. The summed E-state index contributed by atoms with van der Waals surface area (Å²) >= 11 is 0. The number of esters is 1. The van der Waals surface area contributed by atoms with Crippen molar-refractivity contribution in [1.82, 2.24) is 14.8 Å². The molecule has 1 aromatic rings. The first kappa shape index (κ1) is 59.1. The smallest absolute Gasteiger partial charge is 0.414 e. The van der Waals surface area contributed by atoms with Gasteiger partial charge in [-0.3, -0.25) is 14.7 Å². The molecule has 1 aromatic carbocycles. The van der Waals surface area contributed by atoms with E-state index in [0.29, 0.717) is 50.3 Å². The zero-order valence-corrected chi connectivity index (χ0v) is 45.6. The van der Waals surface area contributed by atoms with Crippen LogP contribution in [-0.2, 0) is 38.0 Å². The average molecular weight is 1040 g/mol. The summed E-state index contributed by atoms with van der Waals surface area (Å²) in [7, 11) is 5.24. The van der Waals surface area contributed by atoms with E-state index in [1.54, 1.807) is 72.5 Å². The van der Waals surface area contributed by atoms with Crippen molar-refractivity contribution in [3.63, 3.8) is 0 Å². The van der Waals surface area contributed by atoms with E-state index in [0.717, 1.165) is 0 Å². The number of aliphatic hydroxyl groups is 5. The molecule has 5 heterocycles. The molecule has 4 saturated heterocycles. The van der Waals surface area contributed by atoms with E-state index in [2.05, 4.69) is 10.3 Å². The molecule has 416 valence electrons. The van der Waals surface area contributed by atoms with E-state index in [4.69, 9.17) is 33.2 Å². The maximum absolute atomic E-state index is 14.5. The first-order valence-corrected chi connectivity index (χ1v) is 26.3. The summed E-state index contributed by atoms with van der Waals surface area (Å²) in [5.41, 5.74) is -3.66. The molecule has 1 unspecified atom stereocenters. The van der Waals surface area contributed by atoms with Crippen LogP contribution in [0.4, 0.5) is 14.9 Å². The molecular formula is C52H87FN6O14. The van der Waals surface area contributed by atoms with Crippen LogP contribution in [0.2, 0.25) is 0 Å². The van der Waals surface area contributed by atoms with Gasteiger partial charge in [0.2, 0.25) is 0 Å². The normalized spacial score (nSPS) is 42.7. The fourth-order valence-electron chi connectivity index (χ4n) is 11.7. The summed E-state index contributed by atoms with van der Waals surface area (Å²) in [5, 5.41) is 70.4. The number of nitrogens with zero attached hydrogens (tertiary/aromatic N) is 6. The predicted octanol–water partition coefficient (Wildman–Crippen LogP) is 4.19. The number of benzene rings is 1. The summed E-state index contributed by atoms with van der Waals surface area (Å²) in [6.45, 7) is 21.1. The number of aliphatic hydroxyl groups excluding tert-OH is 3. The van der Waals surface area contributed by atoms with Crippen LogP contribution in [0.3, 0.4) is 0 Å². The third kappa shape index (κ3) is 13.5. The van der Waals surface area contributed by atoms with E-state index < -0.39 is 120 Å². The number of methoxy groups -OCH3 is 1. The molecule has 0 saturated carbocycles. The monoisotopic (exact) mass is 1040 g/mol. The first-order chi connectivity index (χ1) is 34.1. The fourth-order valence-corrected chi connectivity index (χ4v) is 11.7. The van der Waals surface area contributed by atoms with Crippen LogP contribution in [0.1, 0.15) is 107 Å².